The zero-order chi connectivity index (χ0) is 28.8. The molecule has 1 saturated heterocycles. The fourth-order valence-corrected chi connectivity index (χ4v) is 7.05. The number of ether oxygens (including phenoxy) is 1. The quantitative estimate of drug-likeness (QED) is 0.217. The van der Waals surface area contributed by atoms with Gasteiger partial charge in [0.25, 0.3) is 0 Å². The normalized spacial score (nSPS) is 23.1. The Morgan fingerprint density at radius 2 is 1.60 bits per heavy atom. The van der Waals surface area contributed by atoms with Gasteiger partial charge in [-0.3, -0.25) is 14.4 Å². The van der Waals surface area contributed by atoms with Gasteiger partial charge in [-0.2, -0.15) is 0 Å². The van der Waals surface area contributed by atoms with Crippen molar-refractivity contribution in [3.05, 3.63) is 150 Å². The van der Waals surface area contributed by atoms with Crippen LogP contribution in [0.2, 0.25) is 0 Å². The molecule has 206 valence electrons. The third kappa shape index (κ3) is 3.61. The predicted molar refractivity (Wildman–Crippen MR) is 161 cm³/mol. The zero-order valence-corrected chi connectivity index (χ0v) is 22.8. The van der Waals surface area contributed by atoms with E-state index in [0.717, 1.165) is 11.1 Å². The number of nitrogens with zero attached hydrogens (tertiary/aromatic N) is 1. The van der Waals surface area contributed by atoms with Crippen molar-refractivity contribution < 1.29 is 19.1 Å². The first kappa shape index (κ1) is 25.7. The summed E-state index contributed by atoms with van der Waals surface area (Å²) in [5.74, 6) is -1.52. The molecule has 0 aliphatic carbocycles. The number of hydrogen-bond acceptors (Lipinski definition) is 5. The maximum absolute atomic E-state index is 15.1. The lowest BCUT2D eigenvalue weighted by molar-refractivity contribution is -0.122. The molecule has 6 heteroatoms. The topological polar surface area (TPSA) is 75.7 Å². The van der Waals surface area contributed by atoms with E-state index in [9.17, 15) is 9.59 Å². The van der Waals surface area contributed by atoms with E-state index in [-0.39, 0.29) is 24.1 Å². The molecule has 1 amide bonds. The highest BCUT2D eigenvalue weighted by molar-refractivity contribution is 6.17. The molecule has 6 nitrogen and oxygen atoms in total. The van der Waals surface area contributed by atoms with E-state index >= 15 is 4.79 Å². The largest absolute Gasteiger partial charge is 0.489 e. The number of Topliss-reactive ketones (excluding diaryl/α,β-unsaturated/α-hetero) is 2. The first-order chi connectivity index (χ1) is 20.6. The second-order valence-electron chi connectivity index (χ2n) is 10.8. The molecule has 0 bridgehead atoms. The van der Waals surface area contributed by atoms with Crippen LogP contribution in [0.15, 0.2) is 122 Å². The molecule has 1 N–H and O–H groups in total. The predicted octanol–water partition coefficient (Wildman–Crippen LogP) is 6.23. The second kappa shape index (κ2) is 10.00. The molecule has 4 aromatic carbocycles. The van der Waals surface area contributed by atoms with E-state index in [4.69, 9.17) is 4.74 Å². The summed E-state index contributed by atoms with van der Waals surface area (Å²) in [4.78, 5) is 46.1. The van der Waals surface area contributed by atoms with Gasteiger partial charge in [0.2, 0.25) is 5.91 Å². The van der Waals surface area contributed by atoms with Gasteiger partial charge < -0.3 is 15.0 Å². The number of hydrogen-bond donors (Lipinski definition) is 1. The maximum atomic E-state index is 15.1. The Hall–Kier alpha value is -5.23. The minimum Gasteiger partial charge on any atom is -0.489 e. The summed E-state index contributed by atoms with van der Waals surface area (Å²) >= 11 is 0. The molecule has 0 aromatic heterocycles. The number of ketones is 2. The lowest BCUT2D eigenvalue weighted by Gasteiger charge is -2.38. The van der Waals surface area contributed by atoms with Gasteiger partial charge in [0, 0.05) is 17.5 Å². The number of anilines is 1. The highest BCUT2D eigenvalue weighted by Crippen LogP contribution is 2.62. The lowest BCUT2D eigenvalue weighted by Crippen LogP contribution is -2.49. The number of amides is 1. The Morgan fingerprint density at radius 3 is 2.43 bits per heavy atom. The average Bonchev–Trinajstić information content (AvgIpc) is 3.52. The molecular formula is C36H28N2O4. The SMILES string of the molecule is C=CCOc1ccccc1C(=O)[C@H]1[C@H](C(=O)c2ccccc2)N2C=Cc3ccccc3[C@@H]2[C@]12C(=O)Nc1ccccc12. The molecule has 1 fully saturated rings. The molecule has 3 aliphatic rings. The standard InChI is InChI=1S/C36H28N2O4/c1-2-22-42-29-19-11-8-16-26(29)33(40)30-31(32(39)24-13-4-3-5-14-24)38-21-20-23-12-6-7-15-25(23)34(38)36(30)27-17-9-10-18-28(27)37-35(36)41/h2-21,30-31,34H,1,22H2,(H,37,41)/t30-,31-,34-,36-/m1/s1. The fourth-order valence-electron chi connectivity index (χ4n) is 7.05. The van der Waals surface area contributed by atoms with Crippen molar-refractivity contribution in [1.82, 2.24) is 4.90 Å². The van der Waals surface area contributed by atoms with Crippen LogP contribution in [0.4, 0.5) is 5.69 Å². The van der Waals surface area contributed by atoms with Gasteiger partial charge in [0.15, 0.2) is 11.6 Å². The summed E-state index contributed by atoms with van der Waals surface area (Å²) in [7, 11) is 0. The van der Waals surface area contributed by atoms with Crippen molar-refractivity contribution in [3.63, 3.8) is 0 Å². The number of para-hydroxylation sites is 2. The molecule has 3 heterocycles. The molecule has 4 aromatic rings. The van der Waals surface area contributed by atoms with E-state index < -0.39 is 23.4 Å². The smallest absolute Gasteiger partial charge is 0.238 e. The Morgan fingerprint density at radius 1 is 0.881 bits per heavy atom. The molecule has 1 spiro atoms. The summed E-state index contributed by atoms with van der Waals surface area (Å²) < 4.78 is 5.92. The maximum Gasteiger partial charge on any atom is 0.238 e. The van der Waals surface area contributed by atoms with Crippen LogP contribution in [0.3, 0.4) is 0 Å². The van der Waals surface area contributed by atoms with Crippen LogP contribution < -0.4 is 10.1 Å². The van der Waals surface area contributed by atoms with Crippen LogP contribution in [0.5, 0.6) is 5.75 Å². The number of benzene rings is 4. The van der Waals surface area contributed by atoms with E-state index in [1.807, 2.05) is 83.9 Å². The van der Waals surface area contributed by atoms with Crippen LogP contribution >= 0.6 is 0 Å². The minimum absolute atomic E-state index is 0.209. The Kier molecular flexibility index (Phi) is 6.12. The van der Waals surface area contributed by atoms with Gasteiger partial charge >= 0.3 is 0 Å². The molecule has 0 unspecified atom stereocenters. The van der Waals surface area contributed by atoms with Crippen LogP contribution in [0.25, 0.3) is 6.08 Å². The van der Waals surface area contributed by atoms with Gasteiger partial charge in [0.05, 0.1) is 17.5 Å². The number of fused-ring (bicyclic) bond motifs is 6. The number of carbonyl (C=O) groups is 3. The van der Waals surface area contributed by atoms with Crippen molar-refractivity contribution in [2.24, 2.45) is 5.92 Å². The molecule has 42 heavy (non-hydrogen) atoms. The first-order valence-electron chi connectivity index (χ1n) is 14.0. The van der Waals surface area contributed by atoms with E-state index in [1.165, 1.54) is 0 Å². The lowest BCUT2D eigenvalue weighted by atomic mass is 9.62. The molecule has 0 radical (unpaired) electrons. The van der Waals surface area contributed by atoms with E-state index in [2.05, 4.69) is 11.9 Å². The highest BCUT2D eigenvalue weighted by atomic mass is 16.5. The van der Waals surface area contributed by atoms with Crippen LogP contribution in [0, 0.1) is 5.92 Å². The summed E-state index contributed by atoms with van der Waals surface area (Å²) in [6, 6.07) is 29.8. The second-order valence-corrected chi connectivity index (χ2v) is 10.8. The Labute approximate surface area is 243 Å². The summed E-state index contributed by atoms with van der Waals surface area (Å²) in [6.07, 6.45) is 5.45. The van der Waals surface area contributed by atoms with Crippen LogP contribution in [-0.2, 0) is 10.2 Å². The summed E-state index contributed by atoms with van der Waals surface area (Å²) in [5.41, 5.74) is 2.61. The average molecular weight is 553 g/mol. The van der Waals surface area contributed by atoms with Gasteiger partial charge in [-0.1, -0.05) is 97.6 Å². The zero-order valence-electron chi connectivity index (χ0n) is 22.8. The van der Waals surface area contributed by atoms with Gasteiger partial charge in [-0.05, 0) is 41.0 Å². The number of nitrogens with one attached hydrogen (secondary N) is 1. The third-order valence-corrected chi connectivity index (χ3v) is 8.69. The molecule has 3 aliphatic heterocycles. The number of carbonyl (C=O) groups excluding carboxylic acids is 3. The minimum atomic E-state index is -1.39. The summed E-state index contributed by atoms with van der Waals surface area (Å²) in [6.45, 7) is 3.95. The van der Waals surface area contributed by atoms with Crippen LogP contribution in [-0.4, -0.2) is 35.0 Å². The molecule has 0 saturated carbocycles. The van der Waals surface area contributed by atoms with Gasteiger partial charge in [-0.25, -0.2) is 0 Å². The molecule has 7 rings (SSSR count). The summed E-state index contributed by atoms with van der Waals surface area (Å²) in [5, 5.41) is 3.08. The van der Waals surface area contributed by atoms with Crippen molar-refractivity contribution in [1.29, 1.82) is 0 Å². The van der Waals surface area contributed by atoms with Crippen molar-refractivity contribution in [2.45, 2.75) is 17.5 Å². The highest BCUT2D eigenvalue weighted by Gasteiger charge is 2.70. The van der Waals surface area contributed by atoms with Crippen molar-refractivity contribution >= 4 is 29.2 Å². The van der Waals surface area contributed by atoms with Gasteiger partial charge in [-0.15, -0.1) is 0 Å². The van der Waals surface area contributed by atoms with Crippen molar-refractivity contribution in [3.8, 4) is 5.75 Å². The first-order valence-corrected chi connectivity index (χ1v) is 14.0. The third-order valence-electron chi connectivity index (χ3n) is 8.69. The monoisotopic (exact) mass is 552 g/mol. The molecular weight excluding hydrogens is 524 g/mol. The van der Waals surface area contributed by atoms with Gasteiger partial charge in [0.1, 0.15) is 23.8 Å². The Balaban J connectivity index is 1.53. The Bertz CT molecular complexity index is 1780. The number of rotatable bonds is 7. The van der Waals surface area contributed by atoms with Crippen LogP contribution in [0.1, 0.15) is 43.4 Å². The fraction of sp³-hybridized carbons (Fsp3) is 0.139. The van der Waals surface area contributed by atoms with E-state index in [0.29, 0.717) is 28.1 Å². The van der Waals surface area contributed by atoms with E-state index in [1.54, 1.807) is 42.5 Å². The molecule has 4 atom stereocenters. The van der Waals surface area contributed by atoms with Crippen molar-refractivity contribution in [2.75, 3.05) is 11.9 Å².